The second kappa shape index (κ2) is 9.61. The Labute approximate surface area is 150 Å². The van der Waals surface area contributed by atoms with Gasteiger partial charge in [-0.05, 0) is 48.1 Å². The van der Waals surface area contributed by atoms with Crippen LogP contribution < -0.4 is 0 Å². The van der Waals surface area contributed by atoms with E-state index in [2.05, 4.69) is 19.6 Å². The molecule has 4 nitrogen and oxygen atoms in total. The molecule has 1 aromatic rings. The van der Waals surface area contributed by atoms with Gasteiger partial charge in [0.05, 0.1) is 12.7 Å². The summed E-state index contributed by atoms with van der Waals surface area (Å²) in [6, 6.07) is 7.23. The van der Waals surface area contributed by atoms with E-state index in [0.29, 0.717) is 12.9 Å². The van der Waals surface area contributed by atoms with Crippen LogP contribution in [0.1, 0.15) is 31.7 Å². The van der Waals surface area contributed by atoms with Crippen LogP contribution in [0.15, 0.2) is 53.6 Å². The standard InChI is InChI=1S/C20H27BO4/c1-4-16(12-17-6-5-7-18(22)13-17)8-9-20-19(15(2)14-24-3)10-11-21(23)25-20/h5-7,10,12-13,20,22-23H,2,4,8-9,11,14H2,1,3H3/b16-12+. The molecule has 0 fully saturated rings. The number of phenolic OH excluding ortho intramolecular Hbond substituents is 1. The van der Waals surface area contributed by atoms with Crippen LogP contribution in [-0.4, -0.2) is 37.1 Å². The highest BCUT2D eigenvalue weighted by molar-refractivity contribution is 6.43. The molecule has 1 unspecified atom stereocenters. The Balaban J connectivity index is 2.06. The highest BCUT2D eigenvalue weighted by Gasteiger charge is 2.28. The second-order valence-corrected chi connectivity index (χ2v) is 6.30. The maximum absolute atomic E-state index is 9.83. The summed E-state index contributed by atoms with van der Waals surface area (Å²) in [6.45, 7) is 6.65. The molecule has 0 spiro atoms. The molecule has 1 aliphatic rings. The zero-order chi connectivity index (χ0) is 18.2. The van der Waals surface area contributed by atoms with Gasteiger partial charge in [-0.25, -0.2) is 0 Å². The molecule has 134 valence electrons. The van der Waals surface area contributed by atoms with E-state index >= 15 is 0 Å². The van der Waals surface area contributed by atoms with Crippen LogP contribution in [-0.2, 0) is 9.39 Å². The van der Waals surface area contributed by atoms with E-state index in [4.69, 9.17) is 9.39 Å². The molecule has 1 aromatic carbocycles. The average molecular weight is 342 g/mol. The van der Waals surface area contributed by atoms with Gasteiger partial charge < -0.3 is 19.5 Å². The summed E-state index contributed by atoms with van der Waals surface area (Å²) in [5.41, 5.74) is 4.18. The van der Waals surface area contributed by atoms with Crippen molar-refractivity contribution < 1.29 is 19.5 Å². The van der Waals surface area contributed by atoms with E-state index in [1.165, 1.54) is 5.57 Å². The molecule has 0 bridgehead atoms. The third kappa shape index (κ3) is 5.89. The molecule has 2 rings (SSSR count). The first-order valence-corrected chi connectivity index (χ1v) is 8.72. The summed E-state index contributed by atoms with van der Waals surface area (Å²) in [5, 5.41) is 19.4. The molecule has 0 aliphatic carbocycles. The Bertz CT molecular complexity index is 651. The van der Waals surface area contributed by atoms with Crippen molar-refractivity contribution in [2.45, 2.75) is 38.6 Å². The molecule has 0 saturated heterocycles. The Hall–Kier alpha value is -1.82. The zero-order valence-electron chi connectivity index (χ0n) is 15.1. The van der Waals surface area contributed by atoms with Gasteiger partial charge in [-0.15, -0.1) is 0 Å². The Morgan fingerprint density at radius 3 is 2.96 bits per heavy atom. The van der Waals surface area contributed by atoms with Gasteiger partial charge in [-0.2, -0.15) is 0 Å². The highest BCUT2D eigenvalue weighted by atomic mass is 16.5. The van der Waals surface area contributed by atoms with Crippen molar-refractivity contribution in [1.29, 1.82) is 0 Å². The summed E-state index contributed by atoms with van der Waals surface area (Å²) in [7, 11) is 0.885. The van der Waals surface area contributed by atoms with Crippen LogP contribution in [0.2, 0.25) is 6.32 Å². The zero-order valence-corrected chi connectivity index (χ0v) is 15.1. The molecule has 1 aliphatic heterocycles. The number of methoxy groups -OCH3 is 1. The molecule has 0 saturated carbocycles. The highest BCUT2D eigenvalue weighted by Crippen LogP contribution is 2.28. The van der Waals surface area contributed by atoms with Crippen LogP contribution in [0.25, 0.3) is 6.08 Å². The molecular formula is C20H27BO4. The minimum Gasteiger partial charge on any atom is -0.508 e. The van der Waals surface area contributed by atoms with Crippen molar-refractivity contribution in [3.05, 3.63) is 59.2 Å². The molecule has 0 aromatic heterocycles. The van der Waals surface area contributed by atoms with E-state index < -0.39 is 7.12 Å². The Morgan fingerprint density at radius 2 is 2.28 bits per heavy atom. The number of ether oxygens (including phenoxy) is 1. The lowest BCUT2D eigenvalue weighted by atomic mass is 9.78. The summed E-state index contributed by atoms with van der Waals surface area (Å²) in [4.78, 5) is 0. The van der Waals surface area contributed by atoms with Gasteiger partial charge in [-0.3, -0.25) is 0 Å². The molecule has 0 amide bonds. The van der Waals surface area contributed by atoms with Crippen molar-refractivity contribution in [3.8, 4) is 5.75 Å². The molecule has 5 heteroatoms. The molecule has 1 atom stereocenters. The fourth-order valence-corrected chi connectivity index (χ4v) is 3.05. The van der Waals surface area contributed by atoms with Gasteiger partial charge in [0.2, 0.25) is 0 Å². The lowest BCUT2D eigenvalue weighted by Crippen LogP contribution is -2.32. The van der Waals surface area contributed by atoms with E-state index in [-0.39, 0.29) is 11.9 Å². The van der Waals surface area contributed by atoms with Gasteiger partial charge in [0.25, 0.3) is 0 Å². The van der Waals surface area contributed by atoms with Crippen LogP contribution in [0.3, 0.4) is 0 Å². The number of hydrogen-bond acceptors (Lipinski definition) is 4. The first kappa shape index (κ1) is 19.5. The molecule has 25 heavy (non-hydrogen) atoms. The van der Waals surface area contributed by atoms with Crippen molar-refractivity contribution in [2.75, 3.05) is 13.7 Å². The average Bonchev–Trinajstić information content (AvgIpc) is 2.59. The topological polar surface area (TPSA) is 58.9 Å². The van der Waals surface area contributed by atoms with Crippen LogP contribution in [0, 0.1) is 0 Å². The van der Waals surface area contributed by atoms with Gasteiger partial charge >= 0.3 is 7.12 Å². The molecule has 2 N–H and O–H groups in total. The van der Waals surface area contributed by atoms with E-state index in [1.807, 2.05) is 18.2 Å². The minimum absolute atomic E-state index is 0.175. The van der Waals surface area contributed by atoms with E-state index in [9.17, 15) is 10.1 Å². The molecular weight excluding hydrogens is 315 g/mol. The first-order valence-electron chi connectivity index (χ1n) is 8.72. The summed E-state index contributed by atoms with van der Waals surface area (Å²) < 4.78 is 10.9. The van der Waals surface area contributed by atoms with Gasteiger partial charge in [0.15, 0.2) is 0 Å². The number of phenols is 1. The third-order valence-corrected chi connectivity index (χ3v) is 4.36. The first-order chi connectivity index (χ1) is 12.0. The summed E-state index contributed by atoms with van der Waals surface area (Å²) in [5.74, 6) is 0.268. The SMILES string of the molecule is C=C(COC)C1=CCB(O)OC1CC/C(=C/c1cccc(O)c1)CC. The van der Waals surface area contributed by atoms with Gasteiger partial charge in [0.1, 0.15) is 5.75 Å². The second-order valence-electron chi connectivity index (χ2n) is 6.30. The lowest BCUT2D eigenvalue weighted by molar-refractivity contribution is 0.176. The van der Waals surface area contributed by atoms with E-state index in [1.54, 1.807) is 19.2 Å². The fraction of sp³-hybridized carbons (Fsp3) is 0.400. The monoisotopic (exact) mass is 342 g/mol. The quantitative estimate of drug-likeness (QED) is 0.702. The van der Waals surface area contributed by atoms with Crippen molar-refractivity contribution >= 4 is 13.2 Å². The number of hydrogen-bond donors (Lipinski definition) is 2. The predicted molar refractivity (Wildman–Crippen MR) is 102 cm³/mol. The van der Waals surface area contributed by atoms with Gasteiger partial charge in [0, 0.05) is 13.4 Å². The molecule has 0 radical (unpaired) electrons. The van der Waals surface area contributed by atoms with Crippen molar-refractivity contribution in [3.63, 3.8) is 0 Å². The van der Waals surface area contributed by atoms with Crippen molar-refractivity contribution in [2.24, 2.45) is 0 Å². The summed E-state index contributed by atoms with van der Waals surface area (Å²) in [6.07, 6.45) is 6.95. The van der Waals surface area contributed by atoms with Crippen LogP contribution in [0.4, 0.5) is 0 Å². The number of benzene rings is 1. The van der Waals surface area contributed by atoms with Crippen LogP contribution >= 0.6 is 0 Å². The summed E-state index contributed by atoms with van der Waals surface area (Å²) >= 11 is 0. The van der Waals surface area contributed by atoms with Crippen LogP contribution in [0.5, 0.6) is 5.75 Å². The predicted octanol–water partition coefficient (Wildman–Crippen LogP) is 3.97. The van der Waals surface area contributed by atoms with Gasteiger partial charge in [-0.1, -0.05) is 43.4 Å². The Kier molecular flexibility index (Phi) is 7.50. The maximum atomic E-state index is 9.83. The maximum Gasteiger partial charge on any atom is 0.458 e. The van der Waals surface area contributed by atoms with Crippen molar-refractivity contribution in [1.82, 2.24) is 0 Å². The fourth-order valence-electron chi connectivity index (χ4n) is 3.05. The third-order valence-electron chi connectivity index (χ3n) is 4.36. The minimum atomic E-state index is -0.760. The number of rotatable bonds is 8. The normalized spacial score (nSPS) is 18.2. The lowest BCUT2D eigenvalue weighted by Gasteiger charge is -2.28. The Morgan fingerprint density at radius 1 is 1.48 bits per heavy atom. The van der Waals surface area contributed by atoms with E-state index in [0.717, 1.165) is 36.0 Å². The number of allylic oxidation sites excluding steroid dienone is 2. The molecule has 1 heterocycles. The smallest absolute Gasteiger partial charge is 0.458 e. The number of aromatic hydroxyl groups is 1. The largest absolute Gasteiger partial charge is 0.508 e.